The molecule has 0 saturated heterocycles. The van der Waals surface area contributed by atoms with Gasteiger partial charge in [-0.15, -0.1) is 0 Å². The largest absolute Gasteiger partial charge is 0.391 e. The standard InChI is InChI=1S/C12H23NO2/c1-4-9(2)12(15)13(3)10-7-5-6-8-11(10)14/h9-11,14H,4-8H2,1-3H3. The van der Waals surface area contributed by atoms with Crippen LogP contribution in [0.2, 0.25) is 0 Å². The number of hydrogen-bond donors (Lipinski definition) is 1. The lowest BCUT2D eigenvalue weighted by Crippen LogP contribution is -2.47. The van der Waals surface area contributed by atoms with E-state index in [1.807, 2.05) is 20.9 Å². The second-order valence-electron chi connectivity index (χ2n) is 4.68. The molecule has 0 aromatic heterocycles. The van der Waals surface area contributed by atoms with E-state index in [1.165, 1.54) is 0 Å². The Labute approximate surface area is 92.5 Å². The summed E-state index contributed by atoms with van der Waals surface area (Å²) >= 11 is 0. The maximum atomic E-state index is 11.9. The van der Waals surface area contributed by atoms with E-state index in [4.69, 9.17) is 0 Å². The number of carbonyl (C=O) groups is 1. The van der Waals surface area contributed by atoms with Crippen molar-refractivity contribution in [3.63, 3.8) is 0 Å². The quantitative estimate of drug-likeness (QED) is 0.776. The lowest BCUT2D eigenvalue weighted by Gasteiger charge is -2.36. The molecular formula is C12H23NO2. The van der Waals surface area contributed by atoms with Gasteiger partial charge in [0.2, 0.25) is 5.91 Å². The van der Waals surface area contributed by atoms with Crippen molar-refractivity contribution in [1.82, 2.24) is 4.90 Å². The fourth-order valence-corrected chi connectivity index (χ4v) is 2.23. The summed E-state index contributed by atoms with van der Waals surface area (Å²) in [5, 5.41) is 9.85. The number of hydrogen-bond acceptors (Lipinski definition) is 2. The van der Waals surface area contributed by atoms with Crippen molar-refractivity contribution in [3.8, 4) is 0 Å². The monoisotopic (exact) mass is 213 g/mol. The molecule has 1 saturated carbocycles. The van der Waals surface area contributed by atoms with Crippen LogP contribution < -0.4 is 0 Å². The van der Waals surface area contributed by atoms with Gasteiger partial charge in [-0.3, -0.25) is 4.79 Å². The number of aliphatic hydroxyl groups excluding tert-OH is 1. The number of rotatable bonds is 3. The highest BCUT2D eigenvalue weighted by molar-refractivity contribution is 5.78. The second kappa shape index (κ2) is 5.50. The average Bonchev–Trinajstić information content (AvgIpc) is 2.26. The number of nitrogens with zero attached hydrogens (tertiary/aromatic N) is 1. The molecule has 88 valence electrons. The summed E-state index contributed by atoms with van der Waals surface area (Å²) in [5.74, 6) is 0.243. The molecule has 0 radical (unpaired) electrons. The third kappa shape index (κ3) is 2.94. The molecule has 3 heteroatoms. The van der Waals surface area contributed by atoms with Crippen LogP contribution in [-0.2, 0) is 4.79 Å². The second-order valence-corrected chi connectivity index (χ2v) is 4.68. The van der Waals surface area contributed by atoms with Gasteiger partial charge >= 0.3 is 0 Å². The highest BCUT2D eigenvalue weighted by Gasteiger charge is 2.30. The smallest absolute Gasteiger partial charge is 0.225 e. The van der Waals surface area contributed by atoms with Gasteiger partial charge in [0.1, 0.15) is 0 Å². The summed E-state index contributed by atoms with van der Waals surface area (Å²) in [5.41, 5.74) is 0. The van der Waals surface area contributed by atoms with Gasteiger partial charge in [-0.2, -0.15) is 0 Å². The zero-order chi connectivity index (χ0) is 11.4. The third-order valence-corrected chi connectivity index (χ3v) is 3.57. The first-order valence-corrected chi connectivity index (χ1v) is 6.02. The van der Waals surface area contributed by atoms with Gasteiger partial charge in [-0.1, -0.05) is 26.7 Å². The molecule has 0 spiro atoms. The maximum absolute atomic E-state index is 11.9. The topological polar surface area (TPSA) is 40.5 Å². The van der Waals surface area contributed by atoms with Crippen LogP contribution in [0.15, 0.2) is 0 Å². The van der Waals surface area contributed by atoms with Crippen molar-refractivity contribution in [2.45, 2.75) is 58.1 Å². The van der Waals surface area contributed by atoms with Crippen molar-refractivity contribution >= 4 is 5.91 Å². The molecule has 1 aliphatic rings. The van der Waals surface area contributed by atoms with Gasteiger partial charge in [0, 0.05) is 13.0 Å². The molecule has 1 rings (SSSR count). The Morgan fingerprint density at radius 1 is 1.47 bits per heavy atom. The number of amides is 1. The van der Waals surface area contributed by atoms with E-state index in [0.29, 0.717) is 0 Å². The molecule has 0 heterocycles. The molecule has 3 nitrogen and oxygen atoms in total. The molecule has 1 fully saturated rings. The first kappa shape index (κ1) is 12.5. The zero-order valence-corrected chi connectivity index (χ0v) is 10.1. The first-order chi connectivity index (χ1) is 7.07. The van der Waals surface area contributed by atoms with E-state index in [-0.39, 0.29) is 24.0 Å². The highest BCUT2D eigenvalue weighted by Crippen LogP contribution is 2.23. The minimum atomic E-state index is -0.322. The minimum absolute atomic E-state index is 0.0419. The van der Waals surface area contributed by atoms with Crippen molar-refractivity contribution in [3.05, 3.63) is 0 Å². The molecule has 1 N–H and O–H groups in total. The molecule has 0 aromatic carbocycles. The van der Waals surface area contributed by atoms with Crippen molar-refractivity contribution in [2.24, 2.45) is 5.92 Å². The molecule has 1 aliphatic carbocycles. The third-order valence-electron chi connectivity index (χ3n) is 3.57. The number of likely N-dealkylation sites (N-methyl/N-ethyl adjacent to an activating group) is 1. The molecule has 3 unspecified atom stereocenters. The summed E-state index contributed by atoms with van der Waals surface area (Å²) in [6, 6.07) is 0.0419. The van der Waals surface area contributed by atoms with Gasteiger partial charge in [-0.25, -0.2) is 0 Å². The normalized spacial score (nSPS) is 28.5. The van der Waals surface area contributed by atoms with Gasteiger partial charge in [0.15, 0.2) is 0 Å². The van der Waals surface area contributed by atoms with Crippen LogP contribution >= 0.6 is 0 Å². The first-order valence-electron chi connectivity index (χ1n) is 6.02. The Morgan fingerprint density at radius 2 is 2.07 bits per heavy atom. The molecular weight excluding hydrogens is 190 g/mol. The molecule has 0 bridgehead atoms. The van der Waals surface area contributed by atoms with E-state index in [1.54, 1.807) is 4.90 Å². The van der Waals surface area contributed by atoms with Gasteiger partial charge < -0.3 is 10.0 Å². The average molecular weight is 213 g/mol. The summed E-state index contributed by atoms with van der Waals surface area (Å²) in [6.07, 6.45) is 4.54. The lowest BCUT2D eigenvalue weighted by molar-refractivity contribution is -0.139. The van der Waals surface area contributed by atoms with E-state index < -0.39 is 0 Å². The number of aliphatic hydroxyl groups is 1. The summed E-state index contributed by atoms with van der Waals surface area (Å²) in [4.78, 5) is 13.7. The van der Waals surface area contributed by atoms with Crippen molar-refractivity contribution < 1.29 is 9.90 Å². The summed E-state index contributed by atoms with van der Waals surface area (Å²) < 4.78 is 0. The van der Waals surface area contributed by atoms with Crippen LogP contribution in [0, 0.1) is 5.92 Å². The molecule has 15 heavy (non-hydrogen) atoms. The predicted molar refractivity (Wildman–Crippen MR) is 60.5 cm³/mol. The fourth-order valence-electron chi connectivity index (χ4n) is 2.23. The molecule has 1 amide bonds. The Balaban J connectivity index is 2.57. The Morgan fingerprint density at radius 3 is 2.60 bits per heavy atom. The zero-order valence-electron chi connectivity index (χ0n) is 10.1. The fraction of sp³-hybridized carbons (Fsp3) is 0.917. The maximum Gasteiger partial charge on any atom is 0.225 e. The molecule has 0 aliphatic heterocycles. The molecule has 3 atom stereocenters. The van der Waals surface area contributed by atoms with Gasteiger partial charge in [0.25, 0.3) is 0 Å². The van der Waals surface area contributed by atoms with Crippen LogP contribution in [-0.4, -0.2) is 35.1 Å². The Bertz CT molecular complexity index is 218. The van der Waals surface area contributed by atoms with Crippen LogP contribution in [0.25, 0.3) is 0 Å². The van der Waals surface area contributed by atoms with Crippen molar-refractivity contribution in [1.29, 1.82) is 0 Å². The SMILES string of the molecule is CCC(C)C(=O)N(C)C1CCCCC1O. The van der Waals surface area contributed by atoms with E-state index >= 15 is 0 Å². The van der Waals surface area contributed by atoms with Crippen LogP contribution in [0.4, 0.5) is 0 Å². The molecule has 0 aromatic rings. The predicted octanol–water partition coefficient (Wildman–Crippen LogP) is 1.79. The van der Waals surface area contributed by atoms with E-state index in [2.05, 4.69) is 0 Å². The summed E-state index contributed by atoms with van der Waals surface area (Å²) in [7, 11) is 1.83. The van der Waals surface area contributed by atoms with Crippen LogP contribution in [0.5, 0.6) is 0 Å². The highest BCUT2D eigenvalue weighted by atomic mass is 16.3. The lowest BCUT2D eigenvalue weighted by atomic mass is 9.91. The minimum Gasteiger partial charge on any atom is -0.391 e. The van der Waals surface area contributed by atoms with E-state index in [0.717, 1.165) is 32.1 Å². The van der Waals surface area contributed by atoms with Crippen LogP contribution in [0.3, 0.4) is 0 Å². The van der Waals surface area contributed by atoms with E-state index in [9.17, 15) is 9.90 Å². The van der Waals surface area contributed by atoms with Crippen LogP contribution in [0.1, 0.15) is 46.0 Å². The van der Waals surface area contributed by atoms with Gasteiger partial charge in [0.05, 0.1) is 12.1 Å². The van der Waals surface area contributed by atoms with Gasteiger partial charge in [-0.05, 0) is 19.3 Å². The van der Waals surface area contributed by atoms with Crippen molar-refractivity contribution in [2.75, 3.05) is 7.05 Å². The Hall–Kier alpha value is -0.570. The summed E-state index contributed by atoms with van der Waals surface area (Å²) in [6.45, 7) is 3.97. The number of carbonyl (C=O) groups excluding carboxylic acids is 1. The Kier molecular flexibility index (Phi) is 4.58.